The summed E-state index contributed by atoms with van der Waals surface area (Å²) in [5, 5.41) is 14.0. The number of carbonyl (C=O) groups is 1. The van der Waals surface area contributed by atoms with Crippen molar-refractivity contribution in [3.05, 3.63) is 47.3 Å². The molecule has 7 heteroatoms. The molecule has 4 rings (SSSR count). The minimum absolute atomic E-state index is 0.169. The molecule has 29 heavy (non-hydrogen) atoms. The number of ether oxygens (including phenoxy) is 1. The molecule has 1 aromatic carbocycles. The molecule has 156 valence electrons. The zero-order valence-electron chi connectivity index (χ0n) is 16.9. The number of aliphatic hydroxyl groups excluding tert-OH is 1. The van der Waals surface area contributed by atoms with Gasteiger partial charge in [-0.05, 0) is 56.5 Å². The number of rotatable bonds is 5. The third-order valence-corrected chi connectivity index (χ3v) is 5.97. The lowest BCUT2D eigenvalue weighted by atomic mass is 9.93. The number of likely N-dealkylation sites (tertiary alicyclic amines) is 2. The van der Waals surface area contributed by atoms with Crippen molar-refractivity contribution in [1.82, 2.24) is 15.0 Å². The third-order valence-electron chi connectivity index (χ3n) is 5.97. The zero-order valence-corrected chi connectivity index (χ0v) is 16.9. The number of carbonyl (C=O) groups excluding carboxylic acids is 1. The van der Waals surface area contributed by atoms with Crippen LogP contribution in [0.15, 0.2) is 34.9 Å². The first-order valence-corrected chi connectivity index (χ1v) is 10.4. The van der Waals surface area contributed by atoms with Crippen molar-refractivity contribution in [2.45, 2.75) is 44.2 Å². The number of hydrogen-bond donors (Lipinski definition) is 1. The second-order valence-electron chi connectivity index (χ2n) is 8.07. The van der Waals surface area contributed by atoms with E-state index >= 15 is 0 Å². The molecule has 0 unspecified atom stereocenters. The molecule has 3 heterocycles. The molecule has 0 spiro atoms. The van der Waals surface area contributed by atoms with E-state index in [-0.39, 0.29) is 11.7 Å². The lowest BCUT2D eigenvalue weighted by molar-refractivity contribution is 0.0441. The van der Waals surface area contributed by atoms with E-state index in [1.807, 2.05) is 12.1 Å². The predicted octanol–water partition coefficient (Wildman–Crippen LogP) is 2.66. The first-order valence-electron chi connectivity index (χ1n) is 10.4. The summed E-state index contributed by atoms with van der Waals surface area (Å²) in [4.78, 5) is 16.7. The van der Waals surface area contributed by atoms with Crippen LogP contribution in [0.25, 0.3) is 0 Å². The van der Waals surface area contributed by atoms with Crippen molar-refractivity contribution in [3.8, 4) is 5.75 Å². The van der Waals surface area contributed by atoms with Crippen LogP contribution >= 0.6 is 0 Å². The van der Waals surface area contributed by atoms with E-state index in [4.69, 9.17) is 9.26 Å². The van der Waals surface area contributed by atoms with Crippen LogP contribution in [0, 0.1) is 0 Å². The standard InChI is InChI=1S/C22H29N3O4/c1-28-19-6-2-4-16(12-19)14-24-10-7-17(8-11-24)20-13-21(29-23-20)22(27)25-9-3-5-18(26)15-25/h2,4,6,12-13,17-18,26H,3,5,7-11,14-15H2,1H3/t18-/m1/s1. The van der Waals surface area contributed by atoms with E-state index in [1.54, 1.807) is 18.1 Å². The van der Waals surface area contributed by atoms with Crippen LogP contribution in [-0.2, 0) is 6.54 Å². The van der Waals surface area contributed by atoms with Crippen LogP contribution in [0.3, 0.4) is 0 Å². The topological polar surface area (TPSA) is 79.0 Å². The van der Waals surface area contributed by atoms with Gasteiger partial charge in [-0.2, -0.15) is 0 Å². The minimum atomic E-state index is -0.441. The Balaban J connectivity index is 1.31. The summed E-state index contributed by atoms with van der Waals surface area (Å²) in [5.41, 5.74) is 2.12. The van der Waals surface area contributed by atoms with Crippen LogP contribution in [-0.4, -0.2) is 65.4 Å². The summed E-state index contributed by atoms with van der Waals surface area (Å²) in [6, 6.07) is 9.99. The Labute approximate surface area is 171 Å². The lowest BCUT2D eigenvalue weighted by Gasteiger charge is -2.31. The smallest absolute Gasteiger partial charge is 0.292 e. The first kappa shape index (κ1) is 19.9. The van der Waals surface area contributed by atoms with Crippen LogP contribution in [0.4, 0.5) is 0 Å². The van der Waals surface area contributed by atoms with E-state index < -0.39 is 6.10 Å². The number of hydrogen-bond acceptors (Lipinski definition) is 6. The van der Waals surface area contributed by atoms with Gasteiger partial charge in [-0.3, -0.25) is 9.69 Å². The molecule has 1 aromatic heterocycles. The monoisotopic (exact) mass is 399 g/mol. The van der Waals surface area contributed by atoms with Gasteiger partial charge >= 0.3 is 0 Å². The van der Waals surface area contributed by atoms with Gasteiger partial charge in [-0.15, -0.1) is 0 Å². The second-order valence-corrected chi connectivity index (χ2v) is 8.07. The average Bonchev–Trinajstić information content (AvgIpc) is 3.24. The molecule has 2 fully saturated rings. The number of amides is 1. The fraction of sp³-hybridized carbons (Fsp3) is 0.545. The van der Waals surface area contributed by atoms with E-state index in [1.165, 1.54) is 5.56 Å². The second kappa shape index (κ2) is 8.97. The molecule has 1 atom stereocenters. The molecular formula is C22H29N3O4. The Kier molecular flexibility index (Phi) is 6.16. The van der Waals surface area contributed by atoms with Crippen LogP contribution < -0.4 is 4.74 Å². The van der Waals surface area contributed by atoms with Gasteiger partial charge in [-0.1, -0.05) is 17.3 Å². The maximum Gasteiger partial charge on any atom is 0.292 e. The van der Waals surface area contributed by atoms with Crippen molar-refractivity contribution < 1.29 is 19.2 Å². The van der Waals surface area contributed by atoms with Gasteiger partial charge in [0.25, 0.3) is 5.91 Å². The molecule has 0 aliphatic carbocycles. The van der Waals surface area contributed by atoms with E-state index in [9.17, 15) is 9.90 Å². The number of aliphatic hydroxyl groups is 1. The summed E-state index contributed by atoms with van der Waals surface area (Å²) in [6.45, 7) is 3.91. The quantitative estimate of drug-likeness (QED) is 0.833. The lowest BCUT2D eigenvalue weighted by Crippen LogP contribution is -2.42. The highest BCUT2D eigenvalue weighted by molar-refractivity contribution is 5.91. The third kappa shape index (κ3) is 4.79. The first-order chi connectivity index (χ1) is 14.1. The Bertz CT molecular complexity index is 829. The zero-order chi connectivity index (χ0) is 20.2. The number of aromatic nitrogens is 1. The van der Waals surface area contributed by atoms with Gasteiger partial charge in [0.1, 0.15) is 5.75 Å². The Morgan fingerprint density at radius 2 is 2.07 bits per heavy atom. The van der Waals surface area contributed by atoms with Gasteiger partial charge < -0.3 is 19.3 Å². The minimum Gasteiger partial charge on any atom is -0.497 e. The highest BCUT2D eigenvalue weighted by atomic mass is 16.5. The number of piperidine rings is 2. The van der Waals surface area contributed by atoms with Crippen LogP contribution in [0.2, 0.25) is 0 Å². The van der Waals surface area contributed by atoms with Gasteiger partial charge in [0, 0.05) is 31.6 Å². The predicted molar refractivity (Wildman–Crippen MR) is 108 cm³/mol. The van der Waals surface area contributed by atoms with Crippen LogP contribution in [0.1, 0.15) is 53.4 Å². The van der Waals surface area contributed by atoms with Crippen molar-refractivity contribution in [1.29, 1.82) is 0 Å². The van der Waals surface area contributed by atoms with Crippen LogP contribution in [0.5, 0.6) is 5.75 Å². The summed E-state index contributed by atoms with van der Waals surface area (Å²) in [5.74, 6) is 1.32. The Morgan fingerprint density at radius 3 is 2.83 bits per heavy atom. The highest BCUT2D eigenvalue weighted by Crippen LogP contribution is 2.29. The van der Waals surface area contributed by atoms with Gasteiger partial charge in [0.15, 0.2) is 0 Å². The molecule has 1 N–H and O–H groups in total. The molecule has 2 saturated heterocycles. The molecule has 2 aliphatic heterocycles. The van der Waals surface area contributed by atoms with Crippen molar-refractivity contribution >= 4 is 5.91 Å². The summed E-state index contributed by atoms with van der Waals surface area (Å²) in [6.07, 6.45) is 3.11. The number of benzene rings is 1. The highest BCUT2D eigenvalue weighted by Gasteiger charge is 2.28. The number of methoxy groups -OCH3 is 1. The average molecular weight is 399 g/mol. The fourth-order valence-electron chi connectivity index (χ4n) is 4.29. The Hall–Kier alpha value is -2.38. The van der Waals surface area contributed by atoms with E-state index in [0.717, 1.165) is 56.8 Å². The Morgan fingerprint density at radius 1 is 1.24 bits per heavy atom. The summed E-state index contributed by atoms with van der Waals surface area (Å²) >= 11 is 0. The van der Waals surface area contributed by atoms with E-state index in [2.05, 4.69) is 22.2 Å². The maximum absolute atomic E-state index is 12.6. The van der Waals surface area contributed by atoms with Gasteiger partial charge in [0.2, 0.25) is 5.76 Å². The molecule has 0 saturated carbocycles. The molecule has 1 amide bonds. The molecule has 7 nitrogen and oxygen atoms in total. The summed E-state index contributed by atoms with van der Waals surface area (Å²) < 4.78 is 10.7. The number of nitrogens with zero attached hydrogens (tertiary/aromatic N) is 3. The van der Waals surface area contributed by atoms with Gasteiger partial charge in [0.05, 0.1) is 18.9 Å². The van der Waals surface area contributed by atoms with E-state index in [0.29, 0.717) is 19.0 Å². The molecule has 0 radical (unpaired) electrons. The fourth-order valence-corrected chi connectivity index (χ4v) is 4.29. The van der Waals surface area contributed by atoms with Gasteiger partial charge in [-0.25, -0.2) is 0 Å². The molecule has 2 aromatic rings. The largest absolute Gasteiger partial charge is 0.497 e. The normalized spacial score (nSPS) is 21.3. The maximum atomic E-state index is 12.6. The van der Waals surface area contributed by atoms with Crippen molar-refractivity contribution in [2.24, 2.45) is 0 Å². The van der Waals surface area contributed by atoms with Crippen molar-refractivity contribution in [3.63, 3.8) is 0 Å². The van der Waals surface area contributed by atoms with Crippen molar-refractivity contribution in [2.75, 3.05) is 33.3 Å². The molecule has 2 aliphatic rings. The molecule has 0 bridgehead atoms. The molecular weight excluding hydrogens is 370 g/mol. The SMILES string of the molecule is COc1cccc(CN2CCC(c3cc(C(=O)N4CCC[C@@H](O)C4)on3)CC2)c1. The number of β-amino-alcohol motifs (C(OH)–C–C–N with tert-alkyl or cyclic N) is 1. The summed E-state index contributed by atoms with van der Waals surface area (Å²) in [7, 11) is 1.69.